The Labute approximate surface area is 113 Å². The van der Waals surface area contributed by atoms with Crippen molar-refractivity contribution in [2.75, 3.05) is 30.0 Å². The molecule has 2 aromatic carbocycles. The molecule has 0 saturated heterocycles. The van der Waals surface area contributed by atoms with Crippen molar-refractivity contribution >= 4 is 17.1 Å². The van der Waals surface area contributed by atoms with Gasteiger partial charge in [-0.25, -0.2) is 0 Å². The molecule has 0 aliphatic rings. The molecule has 4 nitrogen and oxygen atoms in total. The Morgan fingerprint density at radius 3 is 2.58 bits per heavy atom. The fourth-order valence-corrected chi connectivity index (χ4v) is 1.87. The standard InChI is InChI=1S/C15H19N3O/c1-18(2)12-6-3-5-11(9-12)17-10-13-14(16)7-4-8-15(13)19/h3-9,17,19H,10,16H2,1-2H3. The van der Waals surface area contributed by atoms with E-state index in [1.165, 1.54) is 0 Å². The lowest BCUT2D eigenvalue weighted by Crippen LogP contribution is -2.09. The van der Waals surface area contributed by atoms with Crippen LogP contribution in [-0.4, -0.2) is 19.2 Å². The summed E-state index contributed by atoms with van der Waals surface area (Å²) in [6.45, 7) is 0.495. The van der Waals surface area contributed by atoms with Crippen LogP contribution in [0.25, 0.3) is 0 Å². The molecular formula is C15H19N3O. The van der Waals surface area contributed by atoms with Gasteiger partial charge in [-0.15, -0.1) is 0 Å². The molecule has 0 aliphatic heterocycles. The lowest BCUT2D eigenvalue weighted by molar-refractivity contribution is 0.469. The van der Waals surface area contributed by atoms with Gasteiger partial charge in [0.05, 0.1) is 0 Å². The van der Waals surface area contributed by atoms with Crippen LogP contribution in [0.4, 0.5) is 17.1 Å². The Kier molecular flexibility index (Phi) is 3.80. The molecule has 0 aliphatic carbocycles. The fourth-order valence-electron chi connectivity index (χ4n) is 1.87. The van der Waals surface area contributed by atoms with Crippen LogP contribution < -0.4 is 16.0 Å². The zero-order chi connectivity index (χ0) is 13.8. The minimum atomic E-state index is 0.219. The zero-order valence-electron chi connectivity index (χ0n) is 11.2. The Hall–Kier alpha value is -2.36. The highest BCUT2D eigenvalue weighted by atomic mass is 16.3. The van der Waals surface area contributed by atoms with Crippen molar-refractivity contribution in [1.29, 1.82) is 0 Å². The second-order valence-electron chi connectivity index (χ2n) is 4.64. The normalized spacial score (nSPS) is 10.2. The number of phenols is 1. The molecule has 0 atom stereocenters. The van der Waals surface area contributed by atoms with E-state index < -0.39 is 0 Å². The SMILES string of the molecule is CN(C)c1cccc(NCc2c(N)cccc2O)c1. The molecular weight excluding hydrogens is 238 g/mol. The molecule has 0 radical (unpaired) electrons. The zero-order valence-corrected chi connectivity index (χ0v) is 11.2. The lowest BCUT2D eigenvalue weighted by atomic mass is 10.1. The minimum Gasteiger partial charge on any atom is -0.508 e. The first-order chi connectivity index (χ1) is 9.08. The monoisotopic (exact) mass is 257 g/mol. The van der Waals surface area contributed by atoms with Gasteiger partial charge in [0.15, 0.2) is 0 Å². The van der Waals surface area contributed by atoms with Crippen LogP contribution >= 0.6 is 0 Å². The van der Waals surface area contributed by atoms with E-state index in [0.717, 1.165) is 16.9 Å². The molecule has 0 heterocycles. The molecule has 0 fully saturated rings. The van der Waals surface area contributed by atoms with Gasteiger partial charge in [0.1, 0.15) is 5.75 Å². The first-order valence-electron chi connectivity index (χ1n) is 6.15. The highest BCUT2D eigenvalue weighted by Gasteiger charge is 2.05. The maximum absolute atomic E-state index is 9.78. The summed E-state index contributed by atoms with van der Waals surface area (Å²) in [5.74, 6) is 0.219. The Balaban J connectivity index is 2.12. The molecule has 4 heteroatoms. The summed E-state index contributed by atoms with van der Waals surface area (Å²) < 4.78 is 0. The van der Waals surface area contributed by atoms with Gasteiger partial charge >= 0.3 is 0 Å². The minimum absolute atomic E-state index is 0.219. The Bertz CT molecular complexity index is 547. The predicted octanol–water partition coefficient (Wildman–Crippen LogP) is 2.65. The number of hydrogen-bond acceptors (Lipinski definition) is 4. The van der Waals surface area contributed by atoms with Gasteiger partial charge in [-0.1, -0.05) is 12.1 Å². The quantitative estimate of drug-likeness (QED) is 0.737. The van der Waals surface area contributed by atoms with Crippen molar-refractivity contribution < 1.29 is 5.11 Å². The van der Waals surface area contributed by atoms with Gasteiger partial charge in [0, 0.05) is 43.3 Å². The number of aromatic hydroxyl groups is 1. The molecule has 19 heavy (non-hydrogen) atoms. The summed E-state index contributed by atoms with van der Waals surface area (Å²) >= 11 is 0. The smallest absolute Gasteiger partial charge is 0.122 e. The van der Waals surface area contributed by atoms with E-state index in [1.54, 1.807) is 18.2 Å². The van der Waals surface area contributed by atoms with E-state index in [1.807, 2.05) is 37.2 Å². The molecule has 2 aromatic rings. The summed E-state index contributed by atoms with van der Waals surface area (Å²) in [7, 11) is 4.00. The van der Waals surface area contributed by atoms with Crippen LogP contribution in [0.3, 0.4) is 0 Å². The van der Waals surface area contributed by atoms with Crippen LogP contribution in [0, 0.1) is 0 Å². The average Bonchev–Trinajstić information content (AvgIpc) is 2.38. The van der Waals surface area contributed by atoms with Crippen LogP contribution in [0.2, 0.25) is 0 Å². The van der Waals surface area contributed by atoms with Crippen molar-refractivity contribution in [2.45, 2.75) is 6.54 Å². The number of rotatable bonds is 4. The molecule has 0 amide bonds. The van der Waals surface area contributed by atoms with Gasteiger partial charge in [0.2, 0.25) is 0 Å². The van der Waals surface area contributed by atoms with Crippen LogP contribution in [-0.2, 0) is 6.54 Å². The van der Waals surface area contributed by atoms with E-state index in [-0.39, 0.29) is 5.75 Å². The van der Waals surface area contributed by atoms with Crippen LogP contribution in [0.1, 0.15) is 5.56 Å². The molecule has 0 unspecified atom stereocenters. The van der Waals surface area contributed by atoms with Gasteiger partial charge in [0.25, 0.3) is 0 Å². The third-order valence-electron chi connectivity index (χ3n) is 3.02. The molecule has 0 saturated carbocycles. The first-order valence-corrected chi connectivity index (χ1v) is 6.15. The predicted molar refractivity (Wildman–Crippen MR) is 80.6 cm³/mol. The van der Waals surface area contributed by atoms with Gasteiger partial charge < -0.3 is 21.1 Å². The van der Waals surface area contributed by atoms with E-state index in [4.69, 9.17) is 5.73 Å². The number of nitrogens with two attached hydrogens (primary N) is 1. The molecule has 0 aromatic heterocycles. The highest BCUT2D eigenvalue weighted by molar-refractivity contribution is 5.59. The molecule has 0 bridgehead atoms. The van der Waals surface area contributed by atoms with E-state index >= 15 is 0 Å². The van der Waals surface area contributed by atoms with E-state index in [9.17, 15) is 5.11 Å². The summed E-state index contributed by atoms with van der Waals surface area (Å²) in [6.07, 6.45) is 0. The van der Waals surface area contributed by atoms with Crippen molar-refractivity contribution in [1.82, 2.24) is 0 Å². The number of nitrogens with zero attached hydrogens (tertiary/aromatic N) is 1. The van der Waals surface area contributed by atoms with Crippen molar-refractivity contribution in [3.63, 3.8) is 0 Å². The van der Waals surface area contributed by atoms with Crippen molar-refractivity contribution in [3.8, 4) is 5.75 Å². The summed E-state index contributed by atoms with van der Waals surface area (Å²) in [5.41, 5.74) is 9.28. The van der Waals surface area contributed by atoms with Crippen LogP contribution in [0.15, 0.2) is 42.5 Å². The van der Waals surface area contributed by atoms with Crippen LogP contribution in [0.5, 0.6) is 5.75 Å². The molecule has 2 rings (SSSR count). The topological polar surface area (TPSA) is 61.5 Å². The molecule has 4 N–H and O–H groups in total. The fraction of sp³-hybridized carbons (Fsp3) is 0.200. The summed E-state index contributed by atoms with van der Waals surface area (Å²) in [4.78, 5) is 2.04. The Morgan fingerprint density at radius 1 is 1.16 bits per heavy atom. The maximum Gasteiger partial charge on any atom is 0.122 e. The number of anilines is 3. The molecule has 0 spiro atoms. The third kappa shape index (κ3) is 3.10. The number of benzene rings is 2. The van der Waals surface area contributed by atoms with Gasteiger partial charge in [-0.2, -0.15) is 0 Å². The first kappa shape index (κ1) is 13.1. The number of nitrogen functional groups attached to an aromatic ring is 1. The lowest BCUT2D eigenvalue weighted by Gasteiger charge is -2.15. The van der Waals surface area contributed by atoms with Crippen molar-refractivity contribution in [2.24, 2.45) is 0 Å². The number of phenolic OH excluding ortho intramolecular Hbond substituents is 1. The van der Waals surface area contributed by atoms with Crippen molar-refractivity contribution in [3.05, 3.63) is 48.0 Å². The number of hydrogen-bond donors (Lipinski definition) is 3. The van der Waals surface area contributed by atoms with E-state index in [0.29, 0.717) is 12.2 Å². The second kappa shape index (κ2) is 5.52. The number of nitrogens with one attached hydrogen (secondary N) is 1. The largest absolute Gasteiger partial charge is 0.508 e. The van der Waals surface area contributed by atoms with Gasteiger partial charge in [-0.05, 0) is 30.3 Å². The molecule has 100 valence electrons. The highest BCUT2D eigenvalue weighted by Crippen LogP contribution is 2.25. The second-order valence-corrected chi connectivity index (χ2v) is 4.64. The van der Waals surface area contributed by atoms with E-state index in [2.05, 4.69) is 11.4 Å². The summed E-state index contributed by atoms with van der Waals surface area (Å²) in [5, 5.41) is 13.1. The average molecular weight is 257 g/mol. The van der Waals surface area contributed by atoms with Gasteiger partial charge in [-0.3, -0.25) is 0 Å². The third-order valence-corrected chi connectivity index (χ3v) is 3.02. The maximum atomic E-state index is 9.78. The summed E-state index contributed by atoms with van der Waals surface area (Å²) in [6, 6.07) is 13.2. The Morgan fingerprint density at radius 2 is 1.89 bits per heavy atom.